The van der Waals surface area contributed by atoms with E-state index in [2.05, 4.69) is 25.7 Å². The van der Waals surface area contributed by atoms with E-state index in [0.717, 1.165) is 13.0 Å². The fourth-order valence-corrected chi connectivity index (χ4v) is 2.07. The van der Waals surface area contributed by atoms with Gasteiger partial charge in [-0.3, -0.25) is 0 Å². The fraction of sp³-hybridized carbons (Fsp3) is 1.00. The lowest BCUT2D eigenvalue weighted by Crippen LogP contribution is -2.49. The molecule has 94 valence electrons. The van der Waals surface area contributed by atoms with Crippen molar-refractivity contribution in [3.05, 3.63) is 0 Å². The average molecular weight is 229 g/mol. The van der Waals surface area contributed by atoms with Crippen LogP contribution in [0.1, 0.15) is 34.1 Å². The Balaban J connectivity index is 2.41. The molecule has 1 saturated heterocycles. The van der Waals surface area contributed by atoms with Crippen LogP contribution in [-0.2, 0) is 14.0 Å². The van der Waals surface area contributed by atoms with E-state index in [1.165, 1.54) is 0 Å². The van der Waals surface area contributed by atoms with E-state index in [-0.39, 0.29) is 17.8 Å². The molecule has 0 spiro atoms. The monoisotopic (exact) mass is 229 g/mol. The van der Waals surface area contributed by atoms with Crippen LogP contribution in [0, 0.1) is 0 Å². The number of rotatable bonds is 4. The molecular formula is C11H24BNO3. The van der Waals surface area contributed by atoms with Crippen molar-refractivity contribution in [1.82, 2.24) is 4.90 Å². The molecule has 1 fully saturated rings. The van der Waals surface area contributed by atoms with Crippen molar-refractivity contribution >= 4 is 7.32 Å². The fourth-order valence-electron chi connectivity index (χ4n) is 2.07. The summed E-state index contributed by atoms with van der Waals surface area (Å²) in [4.78, 5) is 2.09. The summed E-state index contributed by atoms with van der Waals surface area (Å²) in [5.41, 5.74) is -0.166. The van der Waals surface area contributed by atoms with Gasteiger partial charge in [0.2, 0.25) is 0 Å². The zero-order valence-electron chi connectivity index (χ0n) is 11.3. The first-order valence-electron chi connectivity index (χ1n) is 5.92. The van der Waals surface area contributed by atoms with Gasteiger partial charge >= 0.3 is 7.32 Å². The third-order valence-electron chi connectivity index (χ3n) is 2.50. The first-order chi connectivity index (χ1) is 7.28. The summed E-state index contributed by atoms with van der Waals surface area (Å²) < 4.78 is 17.1. The normalized spacial score (nSPS) is 27.2. The highest BCUT2D eigenvalue weighted by atomic mass is 16.8. The maximum atomic E-state index is 5.73. The molecule has 2 atom stereocenters. The maximum absolute atomic E-state index is 5.73. The molecule has 0 N–H and O–H groups in total. The van der Waals surface area contributed by atoms with Gasteiger partial charge in [0.25, 0.3) is 0 Å². The van der Waals surface area contributed by atoms with Crippen molar-refractivity contribution in [2.24, 2.45) is 0 Å². The minimum atomic E-state index is -0.534. The van der Waals surface area contributed by atoms with Crippen LogP contribution >= 0.6 is 0 Å². The highest BCUT2D eigenvalue weighted by molar-refractivity contribution is 6.36. The van der Waals surface area contributed by atoms with Crippen LogP contribution in [0.2, 0.25) is 0 Å². The van der Waals surface area contributed by atoms with E-state index in [1.54, 1.807) is 0 Å². The standard InChI is InChI=1S/C11H24BNO3/c1-9-7-11(3,4)16-12(14-9)15-10(2)8-13(5)6/h9-10H,7-8H2,1-6H3. The van der Waals surface area contributed by atoms with Gasteiger partial charge in [0, 0.05) is 12.6 Å². The van der Waals surface area contributed by atoms with Crippen LogP contribution < -0.4 is 0 Å². The topological polar surface area (TPSA) is 30.9 Å². The zero-order valence-corrected chi connectivity index (χ0v) is 11.3. The molecule has 0 amide bonds. The van der Waals surface area contributed by atoms with Gasteiger partial charge < -0.3 is 18.9 Å². The summed E-state index contributed by atoms with van der Waals surface area (Å²) in [5.74, 6) is 0. The predicted molar refractivity (Wildman–Crippen MR) is 65.2 cm³/mol. The van der Waals surface area contributed by atoms with Gasteiger partial charge in [0.1, 0.15) is 0 Å². The molecule has 16 heavy (non-hydrogen) atoms. The van der Waals surface area contributed by atoms with Crippen molar-refractivity contribution in [1.29, 1.82) is 0 Å². The molecule has 0 aliphatic carbocycles. The number of hydrogen-bond acceptors (Lipinski definition) is 4. The van der Waals surface area contributed by atoms with Gasteiger partial charge in [-0.05, 0) is 48.2 Å². The molecule has 1 rings (SSSR count). The minimum absolute atomic E-state index is 0.0982. The predicted octanol–water partition coefficient (Wildman–Crippen LogP) is 1.54. The SMILES string of the molecule is CC(CN(C)C)OB1OC(C)CC(C)(C)O1. The van der Waals surface area contributed by atoms with Gasteiger partial charge in [0.15, 0.2) is 0 Å². The highest BCUT2D eigenvalue weighted by Gasteiger charge is 2.39. The highest BCUT2D eigenvalue weighted by Crippen LogP contribution is 2.26. The lowest BCUT2D eigenvalue weighted by atomic mass is 9.94. The lowest BCUT2D eigenvalue weighted by molar-refractivity contribution is -0.0787. The lowest BCUT2D eigenvalue weighted by Gasteiger charge is -2.38. The minimum Gasteiger partial charge on any atom is -0.383 e. The Kier molecular flexibility index (Phi) is 4.80. The first-order valence-corrected chi connectivity index (χ1v) is 5.92. The summed E-state index contributed by atoms with van der Waals surface area (Å²) >= 11 is 0. The zero-order chi connectivity index (χ0) is 12.3. The molecule has 5 heteroatoms. The van der Waals surface area contributed by atoms with Crippen LogP contribution in [0.5, 0.6) is 0 Å². The van der Waals surface area contributed by atoms with E-state index in [1.807, 2.05) is 21.0 Å². The van der Waals surface area contributed by atoms with Crippen LogP contribution in [0.4, 0.5) is 0 Å². The molecule has 0 aromatic carbocycles. The molecule has 0 bridgehead atoms. The Labute approximate surface area is 99.4 Å². The van der Waals surface area contributed by atoms with Crippen LogP contribution in [0.3, 0.4) is 0 Å². The molecule has 2 unspecified atom stereocenters. The van der Waals surface area contributed by atoms with E-state index in [0.29, 0.717) is 0 Å². The summed E-state index contributed by atoms with van der Waals surface area (Å²) in [6.07, 6.45) is 1.18. The molecule has 1 aliphatic heterocycles. The van der Waals surface area contributed by atoms with Crippen LogP contribution in [-0.4, -0.2) is 50.7 Å². The molecule has 0 radical (unpaired) electrons. The van der Waals surface area contributed by atoms with Crippen molar-refractivity contribution < 1.29 is 14.0 Å². The molecule has 4 nitrogen and oxygen atoms in total. The Morgan fingerprint density at radius 3 is 2.62 bits per heavy atom. The summed E-state index contributed by atoms with van der Waals surface area (Å²) in [5, 5.41) is 0. The van der Waals surface area contributed by atoms with Crippen molar-refractivity contribution in [2.75, 3.05) is 20.6 Å². The van der Waals surface area contributed by atoms with Gasteiger partial charge in [-0.1, -0.05) is 0 Å². The van der Waals surface area contributed by atoms with E-state index in [4.69, 9.17) is 14.0 Å². The molecule has 0 saturated carbocycles. The van der Waals surface area contributed by atoms with E-state index >= 15 is 0 Å². The third-order valence-corrected chi connectivity index (χ3v) is 2.50. The number of nitrogens with zero attached hydrogens (tertiary/aromatic N) is 1. The summed E-state index contributed by atoms with van der Waals surface area (Å²) in [6, 6.07) is 0. The van der Waals surface area contributed by atoms with Gasteiger partial charge in [0.05, 0.1) is 11.7 Å². The Morgan fingerprint density at radius 2 is 2.12 bits per heavy atom. The van der Waals surface area contributed by atoms with Crippen LogP contribution in [0.25, 0.3) is 0 Å². The second-order valence-electron chi connectivity index (χ2n) is 5.53. The van der Waals surface area contributed by atoms with Crippen molar-refractivity contribution in [3.8, 4) is 0 Å². The summed E-state index contributed by atoms with van der Waals surface area (Å²) in [7, 11) is 3.51. The number of likely N-dealkylation sites (N-methyl/N-ethyl adjacent to an activating group) is 1. The third kappa shape index (κ3) is 4.83. The Hall–Kier alpha value is -0.0951. The number of hydrogen-bond donors (Lipinski definition) is 0. The van der Waals surface area contributed by atoms with E-state index < -0.39 is 7.32 Å². The van der Waals surface area contributed by atoms with E-state index in [9.17, 15) is 0 Å². The molecule has 0 aromatic rings. The first kappa shape index (κ1) is 14.0. The average Bonchev–Trinajstić information content (AvgIpc) is 1.95. The molecule has 1 aliphatic rings. The van der Waals surface area contributed by atoms with Gasteiger partial charge in [-0.15, -0.1) is 0 Å². The van der Waals surface area contributed by atoms with Gasteiger partial charge in [-0.25, -0.2) is 0 Å². The van der Waals surface area contributed by atoms with Gasteiger partial charge in [-0.2, -0.15) is 0 Å². The Morgan fingerprint density at radius 1 is 1.50 bits per heavy atom. The Bertz CT molecular complexity index is 223. The molecule has 0 aromatic heterocycles. The second-order valence-corrected chi connectivity index (χ2v) is 5.53. The molecule has 1 heterocycles. The molecular weight excluding hydrogens is 205 g/mol. The van der Waals surface area contributed by atoms with Crippen molar-refractivity contribution in [2.45, 2.75) is 51.9 Å². The maximum Gasteiger partial charge on any atom is 0.640 e. The van der Waals surface area contributed by atoms with Crippen molar-refractivity contribution in [3.63, 3.8) is 0 Å². The smallest absolute Gasteiger partial charge is 0.383 e. The van der Waals surface area contributed by atoms with Crippen LogP contribution in [0.15, 0.2) is 0 Å². The largest absolute Gasteiger partial charge is 0.640 e. The summed E-state index contributed by atoms with van der Waals surface area (Å²) in [6.45, 7) is 9.08. The second kappa shape index (κ2) is 5.49. The quantitative estimate of drug-likeness (QED) is 0.684.